The second-order valence-electron chi connectivity index (χ2n) is 5.26. The number of hydrogen-bond acceptors (Lipinski definition) is 3. The van der Waals surface area contributed by atoms with Crippen LogP contribution in [0, 0.1) is 6.92 Å². The summed E-state index contributed by atoms with van der Waals surface area (Å²) in [6, 6.07) is 10.3. The molecule has 0 fully saturated rings. The topological polar surface area (TPSA) is 83.7 Å². The van der Waals surface area contributed by atoms with Crippen molar-refractivity contribution in [2.45, 2.75) is 13.3 Å². The molecule has 0 aliphatic rings. The van der Waals surface area contributed by atoms with Crippen LogP contribution in [-0.4, -0.2) is 26.4 Å². The highest BCUT2D eigenvalue weighted by molar-refractivity contribution is 5.95. The van der Waals surface area contributed by atoms with Gasteiger partial charge in [0.1, 0.15) is 5.65 Å². The Morgan fingerprint density at radius 1 is 1.26 bits per heavy atom. The van der Waals surface area contributed by atoms with Crippen molar-refractivity contribution in [2.75, 3.05) is 5.32 Å². The van der Waals surface area contributed by atoms with E-state index in [0.717, 1.165) is 11.2 Å². The van der Waals surface area contributed by atoms with Gasteiger partial charge in [0.05, 0.1) is 17.7 Å². The van der Waals surface area contributed by atoms with Gasteiger partial charge >= 0.3 is 5.97 Å². The van der Waals surface area contributed by atoms with E-state index in [2.05, 4.69) is 10.3 Å². The Balaban J connectivity index is 1.76. The van der Waals surface area contributed by atoms with Crippen LogP contribution in [-0.2, 0) is 11.2 Å². The van der Waals surface area contributed by atoms with Crippen LogP contribution >= 0.6 is 0 Å². The first-order valence-corrected chi connectivity index (χ1v) is 7.09. The third kappa shape index (κ3) is 3.21. The molecule has 3 rings (SSSR count). The van der Waals surface area contributed by atoms with E-state index in [0.29, 0.717) is 11.4 Å². The summed E-state index contributed by atoms with van der Waals surface area (Å²) in [6.45, 7) is 1.81. The third-order valence-corrected chi connectivity index (χ3v) is 3.51. The van der Waals surface area contributed by atoms with Gasteiger partial charge in [0, 0.05) is 18.1 Å². The molecule has 0 aliphatic carbocycles. The minimum atomic E-state index is -1.03. The van der Waals surface area contributed by atoms with Gasteiger partial charge in [-0.3, -0.25) is 4.79 Å². The predicted molar refractivity (Wildman–Crippen MR) is 85.7 cm³/mol. The molecule has 23 heavy (non-hydrogen) atoms. The number of pyridine rings is 1. The molecule has 2 heterocycles. The van der Waals surface area contributed by atoms with Crippen LogP contribution in [0.2, 0.25) is 0 Å². The van der Waals surface area contributed by atoms with Crippen LogP contribution in [0.3, 0.4) is 0 Å². The zero-order valence-corrected chi connectivity index (χ0v) is 12.5. The standard InChI is InChI=1S/C17H15N3O3/c1-11-5-6-12(17(22)23)8-14(11)19-16(21)9-13-10-20-7-3-2-4-15(20)18-13/h2-8,10H,9H2,1H3,(H,19,21)(H,22,23). The van der Waals surface area contributed by atoms with E-state index < -0.39 is 5.97 Å². The molecule has 6 nitrogen and oxygen atoms in total. The molecule has 116 valence electrons. The minimum absolute atomic E-state index is 0.123. The van der Waals surface area contributed by atoms with Crippen molar-refractivity contribution in [1.29, 1.82) is 0 Å². The predicted octanol–water partition coefficient (Wildman–Crippen LogP) is 2.52. The van der Waals surface area contributed by atoms with Gasteiger partial charge in [-0.25, -0.2) is 9.78 Å². The van der Waals surface area contributed by atoms with E-state index in [1.165, 1.54) is 12.1 Å². The average molecular weight is 309 g/mol. The van der Waals surface area contributed by atoms with Crippen molar-refractivity contribution in [3.8, 4) is 0 Å². The highest BCUT2D eigenvalue weighted by atomic mass is 16.4. The maximum Gasteiger partial charge on any atom is 0.335 e. The largest absolute Gasteiger partial charge is 0.478 e. The number of hydrogen-bond donors (Lipinski definition) is 2. The number of carboxylic acid groups (broad SMARTS) is 1. The molecule has 3 aromatic rings. The smallest absolute Gasteiger partial charge is 0.335 e. The fourth-order valence-electron chi connectivity index (χ4n) is 2.32. The number of fused-ring (bicyclic) bond motifs is 1. The van der Waals surface area contributed by atoms with Crippen molar-refractivity contribution in [2.24, 2.45) is 0 Å². The molecule has 0 saturated heterocycles. The number of rotatable bonds is 4. The number of nitrogens with zero attached hydrogens (tertiary/aromatic N) is 2. The van der Waals surface area contributed by atoms with Crippen LogP contribution in [0.5, 0.6) is 0 Å². The van der Waals surface area contributed by atoms with Gasteiger partial charge in [-0.15, -0.1) is 0 Å². The summed E-state index contributed by atoms with van der Waals surface area (Å²) in [6.07, 6.45) is 3.79. The number of nitrogens with one attached hydrogen (secondary N) is 1. The number of aromatic nitrogens is 2. The molecule has 0 unspecified atom stereocenters. The van der Waals surface area contributed by atoms with E-state index in [4.69, 9.17) is 5.11 Å². The maximum absolute atomic E-state index is 12.2. The lowest BCUT2D eigenvalue weighted by Gasteiger charge is -2.08. The van der Waals surface area contributed by atoms with Crippen LogP contribution in [0.15, 0.2) is 48.8 Å². The van der Waals surface area contributed by atoms with Crippen molar-refractivity contribution in [1.82, 2.24) is 9.38 Å². The maximum atomic E-state index is 12.2. The zero-order chi connectivity index (χ0) is 16.4. The molecule has 1 amide bonds. The van der Waals surface area contributed by atoms with E-state index in [9.17, 15) is 9.59 Å². The quantitative estimate of drug-likeness (QED) is 0.775. The molecule has 2 N–H and O–H groups in total. The van der Waals surface area contributed by atoms with Crippen LogP contribution in [0.1, 0.15) is 21.6 Å². The molecule has 2 aromatic heterocycles. The lowest BCUT2D eigenvalue weighted by Crippen LogP contribution is -2.16. The first-order valence-electron chi connectivity index (χ1n) is 7.09. The summed E-state index contributed by atoms with van der Waals surface area (Å²) in [5.74, 6) is -1.26. The normalized spacial score (nSPS) is 10.7. The molecule has 0 radical (unpaired) electrons. The summed E-state index contributed by atoms with van der Waals surface area (Å²) in [7, 11) is 0. The molecule has 0 aliphatic heterocycles. The van der Waals surface area contributed by atoms with Crippen LogP contribution in [0.25, 0.3) is 5.65 Å². The highest BCUT2D eigenvalue weighted by Crippen LogP contribution is 2.17. The first-order chi connectivity index (χ1) is 11.0. The Hall–Kier alpha value is -3.15. The molecular weight excluding hydrogens is 294 g/mol. The van der Waals surface area contributed by atoms with Gasteiger partial charge in [0.2, 0.25) is 5.91 Å². The van der Waals surface area contributed by atoms with Crippen molar-refractivity contribution in [3.05, 3.63) is 65.6 Å². The van der Waals surface area contributed by atoms with Gasteiger partial charge in [-0.2, -0.15) is 0 Å². The SMILES string of the molecule is Cc1ccc(C(=O)O)cc1NC(=O)Cc1cn2ccccc2n1. The van der Waals surface area contributed by atoms with Crippen molar-refractivity contribution >= 4 is 23.2 Å². The fraction of sp³-hybridized carbons (Fsp3) is 0.118. The molecule has 0 saturated carbocycles. The molecule has 6 heteroatoms. The number of carbonyl (C=O) groups is 2. The summed E-state index contributed by atoms with van der Waals surface area (Å²) in [5, 5.41) is 11.8. The second-order valence-corrected chi connectivity index (χ2v) is 5.26. The average Bonchev–Trinajstić information content (AvgIpc) is 2.91. The highest BCUT2D eigenvalue weighted by Gasteiger charge is 2.11. The third-order valence-electron chi connectivity index (χ3n) is 3.51. The summed E-state index contributed by atoms with van der Waals surface area (Å²) >= 11 is 0. The monoisotopic (exact) mass is 309 g/mol. The van der Waals surface area contributed by atoms with Gasteiger partial charge in [-0.1, -0.05) is 12.1 Å². The number of carboxylic acids is 1. The number of aromatic carboxylic acids is 1. The Bertz CT molecular complexity index is 866. The lowest BCUT2D eigenvalue weighted by molar-refractivity contribution is -0.115. The number of imidazole rings is 1. The number of carbonyl (C=O) groups excluding carboxylic acids is 1. The Labute approximate surface area is 132 Å². The number of anilines is 1. The Morgan fingerprint density at radius 2 is 2.09 bits per heavy atom. The molecular formula is C17H15N3O3. The van der Waals surface area contributed by atoms with E-state index in [1.54, 1.807) is 12.3 Å². The first kappa shape index (κ1) is 14.8. The molecule has 0 bridgehead atoms. The van der Waals surface area contributed by atoms with E-state index >= 15 is 0 Å². The zero-order valence-electron chi connectivity index (χ0n) is 12.5. The molecule has 1 aromatic carbocycles. The minimum Gasteiger partial charge on any atom is -0.478 e. The number of benzene rings is 1. The Kier molecular flexibility index (Phi) is 3.80. The summed E-state index contributed by atoms with van der Waals surface area (Å²) in [5.41, 5.74) is 2.87. The van der Waals surface area contributed by atoms with Crippen molar-refractivity contribution < 1.29 is 14.7 Å². The van der Waals surface area contributed by atoms with E-state index in [-0.39, 0.29) is 17.9 Å². The fourth-order valence-corrected chi connectivity index (χ4v) is 2.32. The lowest BCUT2D eigenvalue weighted by atomic mass is 10.1. The molecule has 0 atom stereocenters. The van der Waals surface area contributed by atoms with Gasteiger partial charge in [-0.05, 0) is 36.8 Å². The van der Waals surface area contributed by atoms with Gasteiger partial charge in [0.25, 0.3) is 0 Å². The van der Waals surface area contributed by atoms with Gasteiger partial charge < -0.3 is 14.8 Å². The second kappa shape index (κ2) is 5.92. The van der Waals surface area contributed by atoms with Crippen molar-refractivity contribution in [3.63, 3.8) is 0 Å². The van der Waals surface area contributed by atoms with Crippen LogP contribution in [0.4, 0.5) is 5.69 Å². The number of aryl methyl sites for hydroxylation is 1. The Morgan fingerprint density at radius 3 is 2.83 bits per heavy atom. The summed E-state index contributed by atoms with van der Waals surface area (Å²) in [4.78, 5) is 27.6. The summed E-state index contributed by atoms with van der Waals surface area (Å²) < 4.78 is 1.85. The van der Waals surface area contributed by atoms with Crippen LogP contribution < -0.4 is 5.32 Å². The number of amides is 1. The van der Waals surface area contributed by atoms with Gasteiger partial charge in [0.15, 0.2) is 0 Å². The molecule has 0 spiro atoms. The van der Waals surface area contributed by atoms with E-state index in [1.807, 2.05) is 35.7 Å².